The first-order valence-corrected chi connectivity index (χ1v) is 23.0. The fraction of sp³-hybridized carbons (Fsp3) is 0.174. The van der Waals surface area contributed by atoms with E-state index in [1.54, 1.807) is 0 Å². The summed E-state index contributed by atoms with van der Waals surface area (Å²) in [6.07, 6.45) is 0. The summed E-state index contributed by atoms with van der Waals surface area (Å²) in [6, 6.07) is 56.0. The average Bonchev–Trinajstić information content (AvgIpc) is 3.35. The molecule has 0 unspecified atom stereocenters. The highest BCUT2D eigenvalue weighted by molar-refractivity contribution is 6.00. The van der Waals surface area contributed by atoms with Gasteiger partial charge < -0.3 is 18.9 Å². The van der Waals surface area contributed by atoms with Crippen LogP contribution < -0.4 is 56.8 Å². The smallest absolute Gasteiger partial charge is 0.269 e. The van der Waals surface area contributed by atoms with E-state index in [1.807, 2.05) is 189 Å². The second-order valence-corrected chi connectivity index (χ2v) is 15.5. The standard InChI is InChI=1S/C46H44N8O4.2ClHO4/c1-5-13-39(14-6-1)51-35-52(40-15-7-2-8-16-40)48-45(47-51)37-21-25-43(26-22-37)57-33-31-55-29-30-56-32-34-58-44-27-23-38(24-28-44)46-49-53(41-17-9-3-10-18-41)36-54(50-46)42-19-11-4-12-20-42;2*2-1(3,4)5/h1-28H,29-36H2;2*(H,2,3,4,5)/q+2;;/p-2. The van der Waals surface area contributed by atoms with Gasteiger partial charge in [0.05, 0.1) is 37.8 Å². The van der Waals surface area contributed by atoms with Gasteiger partial charge in [0.15, 0.2) is 0 Å². The van der Waals surface area contributed by atoms with Gasteiger partial charge in [0, 0.05) is 45.6 Å². The highest BCUT2D eigenvalue weighted by atomic mass is 35.7. The number of para-hydroxylation sites is 4. The molecule has 8 rings (SSSR count). The minimum absolute atomic E-state index is 0.418. The molecular formula is C46H44Cl2N8O12. The van der Waals surface area contributed by atoms with Crippen LogP contribution >= 0.6 is 0 Å². The Morgan fingerprint density at radius 3 is 1.01 bits per heavy atom. The lowest BCUT2D eigenvalue weighted by Gasteiger charge is -2.20. The highest BCUT2D eigenvalue weighted by Crippen LogP contribution is 2.25. The van der Waals surface area contributed by atoms with Crippen LogP contribution in [0.3, 0.4) is 0 Å². The Morgan fingerprint density at radius 2 is 0.691 bits per heavy atom. The average molecular weight is 972 g/mol. The number of ether oxygens (including phenoxy) is 4. The van der Waals surface area contributed by atoms with Crippen LogP contribution in [0.2, 0.25) is 0 Å². The van der Waals surface area contributed by atoms with E-state index < -0.39 is 20.5 Å². The van der Waals surface area contributed by atoms with Gasteiger partial charge in [-0.25, -0.2) is 47.3 Å². The summed E-state index contributed by atoms with van der Waals surface area (Å²) in [4.78, 5) is 0. The molecule has 0 aromatic heterocycles. The third kappa shape index (κ3) is 17.8. The predicted molar refractivity (Wildman–Crippen MR) is 224 cm³/mol. The van der Waals surface area contributed by atoms with Crippen molar-refractivity contribution in [3.63, 3.8) is 0 Å². The van der Waals surface area contributed by atoms with Crippen LogP contribution in [-0.4, -0.2) is 74.0 Å². The van der Waals surface area contributed by atoms with Crippen LogP contribution in [0.25, 0.3) is 0 Å². The van der Waals surface area contributed by atoms with Crippen molar-refractivity contribution < 1.29 is 86.1 Å². The molecule has 0 N–H and O–H groups in total. The van der Waals surface area contributed by atoms with Crippen molar-refractivity contribution >= 4 is 34.4 Å². The van der Waals surface area contributed by atoms with Crippen molar-refractivity contribution in [2.75, 3.05) is 63.0 Å². The van der Waals surface area contributed by atoms with Gasteiger partial charge in [0.2, 0.25) is 23.0 Å². The van der Waals surface area contributed by atoms with E-state index in [2.05, 4.69) is 0 Å². The van der Waals surface area contributed by atoms with E-state index in [1.165, 1.54) is 0 Å². The summed E-state index contributed by atoms with van der Waals surface area (Å²) in [5.74, 6) is 2.72. The minimum Gasteiger partial charge on any atom is -0.491 e. The number of rotatable bonds is 17. The molecule has 0 saturated carbocycles. The van der Waals surface area contributed by atoms with E-state index in [0.717, 1.165) is 45.4 Å². The molecule has 0 fully saturated rings. The van der Waals surface area contributed by atoms with E-state index in [4.69, 9.17) is 76.7 Å². The largest absolute Gasteiger partial charge is 0.491 e. The summed E-state index contributed by atoms with van der Waals surface area (Å²) in [5.41, 5.74) is 5.75. The topological polar surface area (TPSA) is 283 Å². The Bertz CT molecular complexity index is 2380. The first kappa shape index (κ1) is 50.6. The van der Waals surface area contributed by atoms with Crippen molar-refractivity contribution in [3.8, 4) is 11.5 Å². The van der Waals surface area contributed by atoms with Crippen molar-refractivity contribution in [2.24, 2.45) is 20.4 Å². The van der Waals surface area contributed by atoms with Crippen LogP contribution in [0.5, 0.6) is 11.5 Å². The molecule has 354 valence electrons. The molecule has 0 amide bonds. The third-order valence-corrected chi connectivity index (χ3v) is 9.20. The number of anilines is 2. The Morgan fingerprint density at radius 1 is 0.397 bits per heavy atom. The molecule has 68 heavy (non-hydrogen) atoms. The van der Waals surface area contributed by atoms with Crippen LogP contribution in [0.1, 0.15) is 11.1 Å². The Hall–Kier alpha value is -6.76. The molecule has 0 atom stereocenters. The van der Waals surface area contributed by atoms with Gasteiger partial charge in [0.1, 0.15) is 24.7 Å². The van der Waals surface area contributed by atoms with Gasteiger partial charge in [-0.3, -0.25) is 0 Å². The van der Waals surface area contributed by atoms with Crippen molar-refractivity contribution in [1.29, 1.82) is 0 Å². The predicted octanol–water partition coefficient (Wildman–Crippen LogP) is -0.463. The molecule has 0 bridgehead atoms. The quantitative estimate of drug-likeness (QED) is 0.0826. The number of azo groups is 4. The first-order chi connectivity index (χ1) is 32.7. The van der Waals surface area contributed by atoms with Gasteiger partial charge in [0.25, 0.3) is 13.3 Å². The first-order valence-electron chi connectivity index (χ1n) is 20.5. The van der Waals surface area contributed by atoms with E-state index in [9.17, 15) is 0 Å². The fourth-order valence-corrected chi connectivity index (χ4v) is 6.23. The molecule has 22 heteroatoms. The summed E-state index contributed by atoms with van der Waals surface area (Å²) in [5, 5.41) is 23.3. The van der Waals surface area contributed by atoms with Gasteiger partial charge >= 0.3 is 0 Å². The number of amidine groups is 2. The maximum atomic E-state index is 8.49. The molecule has 2 aliphatic heterocycles. The number of hydrazone groups is 2. The van der Waals surface area contributed by atoms with E-state index >= 15 is 0 Å². The molecule has 2 aliphatic rings. The van der Waals surface area contributed by atoms with Crippen LogP contribution in [0, 0.1) is 20.5 Å². The minimum atomic E-state index is -4.94. The maximum Gasteiger partial charge on any atom is 0.269 e. The number of halogens is 2. The summed E-state index contributed by atoms with van der Waals surface area (Å²) in [6.45, 7) is 3.65. The lowest BCUT2D eigenvalue weighted by atomic mass is 10.2. The van der Waals surface area contributed by atoms with E-state index in [0.29, 0.717) is 64.6 Å². The molecule has 0 aliphatic carbocycles. The molecule has 0 radical (unpaired) electrons. The van der Waals surface area contributed by atoms with Gasteiger partial charge in [-0.2, -0.15) is 0 Å². The molecule has 0 saturated heterocycles. The normalized spacial score (nSPS) is 13.6. The second-order valence-electron chi connectivity index (χ2n) is 14.0. The summed E-state index contributed by atoms with van der Waals surface area (Å²) in [7, 11) is -9.89. The lowest BCUT2D eigenvalue weighted by Crippen LogP contribution is -2.68. The SMILES string of the molecule is [O-][Cl+3]([O-])([O-])[O-].[O-][Cl+3]([O-])([O-])[O-].c1ccc(N2C[N+](c3ccccc3)=NC(c3ccc(OCCOCCOCCOc4ccc(C5=NN(c6ccccc6)C[N+](c6ccccc6)=N5)cc4)cc3)=N2)cc1. The maximum absolute atomic E-state index is 8.49. The molecular weight excluding hydrogens is 927 g/mol. The lowest BCUT2D eigenvalue weighted by molar-refractivity contribution is -2.00. The van der Waals surface area contributed by atoms with Crippen molar-refractivity contribution in [2.45, 2.75) is 0 Å². The zero-order chi connectivity index (χ0) is 48.2. The van der Waals surface area contributed by atoms with Crippen LogP contribution in [0.15, 0.2) is 190 Å². The van der Waals surface area contributed by atoms with Gasteiger partial charge in [-0.1, -0.05) is 82.2 Å². The van der Waals surface area contributed by atoms with Crippen molar-refractivity contribution in [1.82, 2.24) is 0 Å². The summed E-state index contributed by atoms with van der Waals surface area (Å²) >= 11 is 0. The monoisotopic (exact) mass is 970 g/mol. The fourth-order valence-electron chi connectivity index (χ4n) is 6.23. The highest BCUT2D eigenvalue weighted by Gasteiger charge is 2.27. The molecule has 2 heterocycles. The molecule has 6 aromatic rings. The number of benzene rings is 6. The second kappa shape index (κ2) is 25.4. The number of hydrogen-bond acceptors (Lipinski definition) is 18. The Kier molecular flexibility index (Phi) is 18.9. The van der Waals surface area contributed by atoms with Crippen LogP contribution in [0.4, 0.5) is 22.7 Å². The van der Waals surface area contributed by atoms with Crippen LogP contribution in [-0.2, 0) is 9.47 Å². The molecule has 20 nitrogen and oxygen atoms in total. The zero-order valence-electron chi connectivity index (χ0n) is 36.1. The Balaban J connectivity index is 0.000000691. The van der Waals surface area contributed by atoms with Crippen molar-refractivity contribution in [3.05, 3.63) is 181 Å². The third-order valence-electron chi connectivity index (χ3n) is 9.20. The van der Waals surface area contributed by atoms with Gasteiger partial charge in [-0.15, -0.1) is 30.7 Å². The summed E-state index contributed by atoms with van der Waals surface area (Å²) < 4.78 is 95.2. The zero-order valence-corrected chi connectivity index (χ0v) is 37.6. The molecule has 0 spiro atoms. The number of hydrogen-bond donors (Lipinski definition) is 0. The molecule has 6 aromatic carbocycles. The van der Waals surface area contributed by atoms with E-state index in [-0.39, 0.29) is 0 Å². The Labute approximate surface area is 395 Å². The number of nitrogens with zero attached hydrogens (tertiary/aromatic N) is 8. The van der Waals surface area contributed by atoms with Gasteiger partial charge in [-0.05, 0) is 72.8 Å².